The van der Waals surface area contributed by atoms with Crippen molar-refractivity contribution in [3.63, 3.8) is 0 Å². The summed E-state index contributed by atoms with van der Waals surface area (Å²) in [6.07, 6.45) is -0.0440. The summed E-state index contributed by atoms with van der Waals surface area (Å²) in [6.45, 7) is 5.32. The van der Waals surface area contributed by atoms with E-state index < -0.39 is 17.3 Å². The minimum Gasteiger partial charge on any atom is -0.444 e. The molecule has 0 bridgehead atoms. The van der Waals surface area contributed by atoms with Gasteiger partial charge >= 0.3 is 6.09 Å². The number of likely N-dealkylation sites (tertiary alicyclic amines) is 1. The molecule has 0 unspecified atom stereocenters. The molecule has 0 saturated carbocycles. The zero-order chi connectivity index (χ0) is 11.0. The van der Waals surface area contributed by atoms with Gasteiger partial charge in [-0.15, -0.1) is 0 Å². The SMILES string of the molecule is CC(C)(C)OC(=O)N1CC(O)(C=O)C1. The van der Waals surface area contributed by atoms with Crippen LogP contribution in [0, 0.1) is 0 Å². The first-order chi connectivity index (χ1) is 6.26. The molecular formula is C9H15NO4. The summed E-state index contributed by atoms with van der Waals surface area (Å²) in [5.74, 6) is 0. The lowest BCUT2D eigenvalue weighted by molar-refractivity contribution is -0.141. The van der Waals surface area contributed by atoms with Gasteiger partial charge in [-0.25, -0.2) is 4.79 Å². The molecule has 1 heterocycles. The van der Waals surface area contributed by atoms with Gasteiger partial charge in [-0.2, -0.15) is 0 Å². The number of aldehydes is 1. The second-order valence-corrected chi connectivity index (χ2v) is 4.56. The molecule has 0 spiro atoms. The van der Waals surface area contributed by atoms with Crippen LogP contribution in [0.4, 0.5) is 4.79 Å². The van der Waals surface area contributed by atoms with Gasteiger partial charge in [-0.3, -0.25) is 4.79 Å². The lowest BCUT2D eigenvalue weighted by atomic mass is 9.97. The molecule has 0 aliphatic carbocycles. The fourth-order valence-electron chi connectivity index (χ4n) is 1.14. The van der Waals surface area contributed by atoms with E-state index in [4.69, 9.17) is 4.74 Å². The van der Waals surface area contributed by atoms with E-state index >= 15 is 0 Å². The first-order valence-corrected chi connectivity index (χ1v) is 4.42. The molecule has 1 rings (SSSR count). The monoisotopic (exact) mass is 201 g/mol. The van der Waals surface area contributed by atoms with E-state index in [0.29, 0.717) is 6.29 Å². The Labute approximate surface area is 82.6 Å². The highest BCUT2D eigenvalue weighted by Gasteiger charge is 2.45. The largest absolute Gasteiger partial charge is 0.444 e. The predicted octanol–water partition coefficient (Wildman–Crippen LogP) is 0.167. The van der Waals surface area contributed by atoms with Crippen LogP contribution in [-0.4, -0.2) is 46.7 Å². The number of hydrogen-bond donors (Lipinski definition) is 1. The predicted molar refractivity (Wildman–Crippen MR) is 48.8 cm³/mol. The van der Waals surface area contributed by atoms with Crippen LogP contribution in [0.5, 0.6) is 0 Å². The molecule has 0 radical (unpaired) electrons. The number of carbonyl (C=O) groups is 2. The van der Waals surface area contributed by atoms with E-state index in [2.05, 4.69) is 0 Å². The second-order valence-electron chi connectivity index (χ2n) is 4.56. The van der Waals surface area contributed by atoms with Crippen molar-refractivity contribution < 1.29 is 19.4 Å². The first kappa shape index (κ1) is 11.0. The summed E-state index contributed by atoms with van der Waals surface area (Å²) in [5, 5.41) is 9.32. The number of amides is 1. The van der Waals surface area contributed by atoms with Gasteiger partial charge in [-0.1, -0.05) is 0 Å². The Bertz CT molecular complexity index is 250. The topological polar surface area (TPSA) is 66.8 Å². The minimum absolute atomic E-state index is 0.0193. The van der Waals surface area contributed by atoms with Crippen molar-refractivity contribution >= 4 is 12.4 Å². The Hall–Kier alpha value is -1.10. The Balaban J connectivity index is 2.41. The Kier molecular flexibility index (Phi) is 2.54. The summed E-state index contributed by atoms with van der Waals surface area (Å²) < 4.78 is 5.04. The molecule has 14 heavy (non-hydrogen) atoms. The maximum Gasteiger partial charge on any atom is 0.410 e. The van der Waals surface area contributed by atoms with Gasteiger partial charge in [0.05, 0.1) is 13.1 Å². The molecule has 1 N–H and O–H groups in total. The molecule has 1 aliphatic heterocycles. The maximum atomic E-state index is 11.3. The van der Waals surface area contributed by atoms with Gasteiger partial charge in [0.25, 0.3) is 0 Å². The van der Waals surface area contributed by atoms with Gasteiger partial charge in [-0.05, 0) is 20.8 Å². The van der Waals surface area contributed by atoms with Crippen LogP contribution in [-0.2, 0) is 9.53 Å². The highest BCUT2D eigenvalue weighted by Crippen LogP contribution is 2.21. The molecule has 0 atom stereocenters. The lowest BCUT2D eigenvalue weighted by Crippen LogP contribution is -2.64. The number of carbonyl (C=O) groups excluding carboxylic acids is 2. The smallest absolute Gasteiger partial charge is 0.410 e. The Morgan fingerprint density at radius 2 is 2.00 bits per heavy atom. The average Bonchev–Trinajstić information content (AvgIpc) is 1.95. The van der Waals surface area contributed by atoms with Gasteiger partial charge in [0.2, 0.25) is 0 Å². The summed E-state index contributed by atoms with van der Waals surface area (Å²) in [7, 11) is 0. The maximum absolute atomic E-state index is 11.3. The van der Waals surface area contributed by atoms with Crippen molar-refractivity contribution in [1.82, 2.24) is 4.90 Å². The highest BCUT2D eigenvalue weighted by molar-refractivity contribution is 5.75. The second kappa shape index (κ2) is 3.24. The molecule has 5 heteroatoms. The van der Waals surface area contributed by atoms with Crippen molar-refractivity contribution in [1.29, 1.82) is 0 Å². The number of rotatable bonds is 1. The third-order valence-electron chi connectivity index (χ3n) is 1.80. The number of hydrogen-bond acceptors (Lipinski definition) is 4. The molecule has 1 fully saturated rings. The fourth-order valence-corrected chi connectivity index (χ4v) is 1.14. The summed E-state index contributed by atoms with van der Waals surface area (Å²) in [5.41, 5.74) is -1.91. The molecule has 0 aromatic carbocycles. The number of nitrogens with zero attached hydrogens (tertiary/aromatic N) is 1. The van der Waals surface area contributed by atoms with E-state index in [1.165, 1.54) is 4.90 Å². The van der Waals surface area contributed by atoms with Crippen molar-refractivity contribution in [2.24, 2.45) is 0 Å². The number of aliphatic hydroxyl groups is 1. The van der Waals surface area contributed by atoms with E-state index in [0.717, 1.165) is 0 Å². The zero-order valence-corrected chi connectivity index (χ0v) is 8.61. The van der Waals surface area contributed by atoms with Crippen molar-refractivity contribution in [3.05, 3.63) is 0 Å². The van der Waals surface area contributed by atoms with Crippen LogP contribution in [0.3, 0.4) is 0 Å². The van der Waals surface area contributed by atoms with Crippen LogP contribution in [0.1, 0.15) is 20.8 Å². The van der Waals surface area contributed by atoms with Crippen LogP contribution < -0.4 is 0 Å². The van der Waals surface area contributed by atoms with Crippen molar-refractivity contribution in [2.75, 3.05) is 13.1 Å². The molecule has 80 valence electrons. The highest BCUT2D eigenvalue weighted by atomic mass is 16.6. The summed E-state index contributed by atoms with van der Waals surface area (Å²) in [4.78, 5) is 22.9. The molecular weight excluding hydrogens is 186 g/mol. The van der Waals surface area contributed by atoms with E-state index in [-0.39, 0.29) is 13.1 Å². The molecule has 0 aromatic rings. The minimum atomic E-state index is -1.36. The average molecular weight is 201 g/mol. The van der Waals surface area contributed by atoms with Crippen molar-refractivity contribution in [3.8, 4) is 0 Å². The summed E-state index contributed by atoms with van der Waals surface area (Å²) in [6, 6.07) is 0. The van der Waals surface area contributed by atoms with Crippen molar-refractivity contribution in [2.45, 2.75) is 32.0 Å². The molecule has 5 nitrogen and oxygen atoms in total. The Morgan fingerprint density at radius 3 is 2.36 bits per heavy atom. The normalized spacial score (nSPS) is 19.9. The van der Waals surface area contributed by atoms with Crippen LogP contribution >= 0.6 is 0 Å². The molecule has 1 saturated heterocycles. The van der Waals surface area contributed by atoms with Gasteiger partial charge < -0.3 is 14.7 Å². The van der Waals surface area contributed by atoms with E-state index in [9.17, 15) is 14.7 Å². The molecule has 1 aliphatic rings. The zero-order valence-electron chi connectivity index (χ0n) is 8.61. The van der Waals surface area contributed by atoms with E-state index in [1.54, 1.807) is 20.8 Å². The molecule has 0 aromatic heterocycles. The standard InChI is InChI=1S/C9H15NO4/c1-8(2,3)14-7(12)10-4-9(13,5-10)6-11/h6,13H,4-5H2,1-3H3. The van der Waals surface area contributed by atoms with Gasteiger partial charge in [0.15, 0.2) is 11.9 Å². The quantitative estimate of drug-likeness (QED) is 0.614. The van der Waals surface area contributed by atoms with Crippen LogP contribution in [0.2, 0.25) is 0 Å². The summed E-state index contributed by atoms with van der Waals surface area (Å²) >= 11 is 0. The first-order valence-electron chi connectivity index (χ1n) is 4.42. The van der Waals surface area contributed by atoms with Crippen LogP contribution in [0.25, 0.3) is 0 Å². The van der Waals surface area contributed by atoms with Gasteiger partial charge in [0, 0.05) is 0 Å². The van der Waals surface area contributed by atoms with E-state index in [1.807, 2.05) is 0 Å². The lowest BCUT2D eigenvalue weighted by Gasteiger charge is -2.42. The third-order valence-corrected chi connectivity index (χ3v) is 1.80. The number of β-amino-alcohol motifs (C(OH)–C–C–N with tert-alkyl or cyclic N) is 1. The fraction of sp³-hybridized carbons (Fsp3) is 0.778. The molecule has 1 amide bonds. The number of ether oxygens (including phenoxy) is 1. The third kappa shape index (κ3) is 2.45. The Morgan fingerprint density at radius 1 is 1.50 bits per heavy atom. The van der Waals surface area contributed by atoms with Crippen LogP contribution in [0.15, 0.2) is 0 Å². The van der Waals surface area contributed by atoms with Gasteiger partial charge in [0.1, 0.15) is 5.60 Å².